The summed E-state index contributed by atoms with van der Waals surface area (Å²) in [4.78, 5) is 0. The van der Waals surface area contributed by atoms with Gasteiger partial charge in [-0.2, -0.15) is 0 Å². The second-order valence-electron chi connectivity index (χ2n) is 3.27. The molecule has 0 saturated carbocycles. The number of nitrogens with zero attached hydrogens (tertiary/aromatic N) is 2. The molecule has 0 aliphatic rings. The first-order chi connectivity index (χ1) is 5.63. The molecule has 0 aromatic carbocycles. The Morgan fingerprint density at radius 2 is 1.83 bits per heavy atom. The highest BCUT2D eigenvalue weighted by atomic mass is 15.1. The second-order valence-corrected chi connectivity index (χ2v) is 3.27. The minimum Gasteiger partial charge on any atom is -0.234 e. The van der Waals surface area contributed by atoms with Crippen molar-refractivity contribution >= 4 is 0 Å². The third-order valence-electron chi connectivity index (χ3n) is 2.75. The van der Waals surface area contributed by atoms with Crippen molar-refractivity contribution in [3.63, 3.8) is 0 Å². The molecule has 1 heterocycles. The quantitative estimate of drug-likeness (QED) is 0.587. The molecule has 1 rings (SSSR count). The van der Waals surface area contributed by atoms with Crippen LogP contribution in [0.4, 0.5) is 0 Å². The van der Waals surface area contributed by atoms with E-state index in [9.17, 15) is 0 Å². The third-order valence-corrected chi connectivity index (χ3v) is 2.75. The summed E-state index contributed by atoms with van der Waals surface area (Å²) in [6.45, 7) is 6.61. The van der Waals surface area contributed by atoms with Gasteiger partial charge in [-0.15, -0.1) is 0 Å². The van der Waals surface area contributed by atoms with Crippen LogP contribution in [0.15, 0.2) is 0 Å². The van der Waals surface area contributed by atoms with Crippen molar-refractivity contribution in [2.45, 2.75) is 33.6 Å². The molecule has 68 valence electrons. The minimum atomic E-state index is 1.10. The summed E-state index contributed by atoms with van der Waals surface area (Å²) in [5, 5.41) is 0. The maximum atomic E-state index is 2.31. The molecule has 0 atom stereocenters. The van der Waals surface area contributed by atoms with Crippen LogP contribution in [-0.2, 0) is 26.9 Å². The van der Waals surface area contributed by atoms with Crippen LogP contribution in [0, 0.1) is 6.92 Å². The van der Waals surface area contributed by atoms with Crippen LogP contribution in [0.1, 0.15) is 31.1 Å². The number of imidazole rings is 1. The Morgan fingerprint density at radius 1 is 1.25 bits per heavy atom. The van der Waals surface area contributed by atoms with E-state index in [2.05, 4.69) is 44.0 Å². The lowest BCUT2D eigenvalue weighted by molar-refractivity contribution is -0.685. The molecule has 0 aliphatic heterocycles. The first-order valence-corrected chi connectivity index (χ1v) is 4.66. The molecule has 2 nitrogen and oxygen atoms in total. The second kappa shape index (κ2) is 3.30. The first kappa shape index (κ1) is 9.30. The van der Waals surface area contributed by atoms with E-state index in [1.54, 1.807) is 0 Å². The van der Waals surface area contributed by atoms with Crippen molar-refractivity contribution < 1.29 is 4.57 Å². The maximum absolute atomic E-state index is 2.31. The van der Waals surface area contributed by atoms with Crippen molar-refractivity contribution in [2.75, 3.05) is 0 Å². The Balaban J connectivity index is 3.32. The van der Waals surface area contributed by atoms with Gasteiger partial charge in [-0.3, -0.25) is 0 Å². The number of hydrogen-bond donors (Lipinski definition) is 0. The fourth-order valence-corrected chi connectivity index (χ4v) is 1.98. The van der Waals surface area contributed by atoms with E-state index < -0.39 is 0 Å². The van der Waals surface area contributed by atoms with E-state index in [-0.39, 0.29) is 0 Å². The van der Waals surface area contributed by atoms with Crippen molar-refractivity contribution in [2.24, 2.45) is 14.1 Å². The lowest BCUT2D eigenvalue weighted by Gasteiger charge is -1.93. The zero-order valence-corrected chi connectivity index (χ0v) is 8.81. The maximum Gasteiger partial charge on any atom is 0.256 e. The van der Waals surface area contributed by atoms with Gasteiger partial charge in [0.15, 0.2) is 0 Å². The van der Waals surface area contributed by atoms with Crippen LogP contribution < -0.4 is 4.57 Å². The molecule has 0 radical (unpaired) electrons. The summed E-state index contributed by atoms with van der Waals surface area (Å²) >= 11 is 0. The van der Waals surface area contributed by atoms with Gasteiger partial charge in [0.1, 0.15) is 11.4 Å². The van der Waals surface area contributed by atoms with Crippen LogP contribution in [0.25, 0.3) is 0 Å². The third kappa shape index (κ3) is 1.15. The molecular weight excluding hydrogens is 148 g/mol. The van der Waals surface area contributed by atoms with Crippen molar-refractivity contribution in [3.05, 3.63) is 17.2 Å². The largest absolute Gasteiger partial charge is 0.256 e. The molecule has 0 aliphatic carbocycles. The SMILES string of the molecule is CCc1c(C)n(C)c(CC)[n+]1C. The Hall–Kier alpha value is -0.790. The van der Waals surface area contributed by atoms with Crippen LogP contribution in [0.5, 0.6) is 0 Å². The molecule has 0 N–H and O–H groups in total. The summed E-state index contributed by atoms with van der Waals surface area (Å²) in [5.74, 6) is 1.41. The molecule has 1 aromatic heterocycles. The standard InChI is InChI=1S/C10H19N2/c1-6-9-8(3)11(4)10(7-2)12(9)5/h6-7H2,1-5H3/q+1. The molecular formula is C10H19N2+. The molecule has 0 amide bonds. The van der Waals surface area contributed by atoms with Gasteiger partial charge >= 0.3 is 0 Å². The molecule has 0 unspecified atom stereocenters. The highest BCUT2D eigenvalue weighted by molar-refractivity contribution is 5.08. The first-order valence-electron chi connectivity index (χ1n) is 4.66. The van der Waals surface area contributed by atoms with E-state index in [0.717, 1.165) is 12.8 Å². The van der Waals surface area contributed by atoms with E-state index in [1.807, 2.05) is 0 Å². The average molecular weight is 167 g/mol. The molecule has 0 spiro atoms. The van der Waals surface area contributed by atoms with E-state index >= 15 is 0 Å². The summed E-state index contributed by atoms with van der Waals surface area (Å²) in [6, 6.07) is 0. The zero-order valence-electron chi connectivity index (χ0n) is 8.81. The zero-order chi connectivity index (χ0) is 9.30. The predicted molar refractivity (Wildman–Crippen MR) is 50.1 cm³/mol. The predicted octanol–water partition coefficient (Wildman–Crippen LogP) is 1.28. The Bertz CT molecular complexity index is 257. The molecule has 1 aromatic rings. The van der Waals surface area contributed by atoms with Gasteiger partial charge in [0.2, 0.25) is 0 Å². The van der Waals surface area contributed by atoms with Crippen LogP contribution in [0.2, 0.25) is 0 Å². The smallest absolute Gasteiger partial charge is 0.234 e. The number of rotatable bonds is 2. The Morgan fingerprint density at radius 3 is 2.08 bits per heavy atom. The van der Waals surface area contributed by atoms with Crippen molar-refractivity contribution in [3.8, 4) is 0 Å². The molecule has 0 bridgehead atoms. The summed E-state index contributed by atoms with van der Waals surface area (Å²) < 4.78 is 4.61. The average Bonchev–Trinajstić information content (AvgIpc) is 2.25. The molecule has 0 fully saturated rings. The summed E-state index contributed by atoms with van der Waals surface area (Å²) in [5.41, 5.74) is 2.85. The lowest BCUT2D eigenvalue weighted by atomic mass is 10.3. The Kier molecular flexibility index (Phi) is 2.55. The Labute approximate surface area is 74.8 Å². The fraction of sp³-hybridized carbons (Fsp3) is 0.700. The fourth-order valence-electron chi connectivity index (χ4n) is 1.98. The van der Waals surface area contributed by atoms with Gasteiger partial charge in [0.25, 0.3) is 5.82 Å². The molecule has 12 heavy (non-hydrogen) atoms. The molecule has 2 heteroatoms. The summed E-state index contributed by atoms with van der Waals surface area (Å²) in [7, 11) is 4.30. The summed E-state index contributed by atoms with van der Waals surface area (Å²) in [6.07, 6.45) is 2.23. The molecule has 0 saturated heterocycles. The van der Waals surface area contributed by atoms with E-state index in [4.69, 9.17) is 0 Å². The van der Waals surface area contributed by atoms with Gasteiger partial charge in [0.05, 0.1) is 14.1 Å². The number of aromatic nitrogens is 2. The van der Waals surface area contributed by atoms with Crippen molar-refractivity contribution in [1.29, 1.82) is 0 Å². The van der Waals surface area contributed by atoms with Gasteiger partial charge in [0, 0.05) is 19.8 Å². The van der Waals surface area contributed by atoms with Gasteiger partial charge < -0.3 is 0 Å². The minimum absolute atomic E-state index is 1.10. The topological polar surface area (TPSA) is 8.81 Å². The van der Waals surface area contributed by atoms with Gasteiger partial charge in [-0.25, -0.2) is 9.13 Å². The van der Waals surface area contributed by atoms with Gasteiger partial charge in [-0.1, -0.05) is 13.8 Å². The van der Waals surface area contributed by atoms with Crippen molar-refractivity contribution in [1.82, 2.24) is 4.57 Å². The highest BCUT2D eigenvalue weighted by Gasteiger charge is 2.19. The monoisotopic (exact) mass is 167 g/mol. The number of hydrogen-bond acceptors (Lipinski definition) is 0. The van der Waals surface area contributed by atoms with Crippen LogP contribution in [-0.4, -0.2) is 4.57 Å². The highest BCUT2D eigenvalue weighted by Crippen LogP contribution is 2.07. The van der Waals surface area contributed by atoms with Crippen LogP contribution in [0.3, 0.4) is 0 Å². The van der Waals surface area contributed by atoms with Crippen LogP contribution >= 0.6 is 0 Å². The van der Waals surface area contributed by atoms with E-state index in [1.165, 1.54) is 17.2 Å². The normalized spacial score (nSPS) is 10.8. The van der Waals surface area contributed by atoms with Gasteiger partial charge in [-0.05, 0) is 0 Å². The van der Waals surface area contributed by atoms with E-state index in [0.29, 0.717) is 0 Å². The lowest BCUT2D eigenvalue weighted by Crippen LogP contribution is -2.35.